The van der Waals surface area contributed by atoms with Gasteiger partial charge in [0.2, 0.25) is 0 Å². The van der Waals surface area contributed by atoms with Crippen molar-refractivity contribution in [2.24, 2.45) is 0 Å². The molecule has 0 saturated heterocycles. The highest BCUT2D eigenvalue weighted by Crippen LogP contribution is 2.35. The number of hydrogen-bond donors (Lipinski definition) is 1. The molecule has 150 valence electrons. The first-order chi connectivity index (χ1) is 14.5. The van der Waals surface area contributed by atoms with Gasteiger partial charge in [-0.3, -0.25) is 9.59 Å². The maximum Gasteiger partial charge on any atom is 0.282 e. The van der Waals surface area contributed by atoms with E-state index in [1.807, 2.05) is 0 Å². The highest BCUT2D eigenvalue weighted by molar-refractivity contribution is 6.46. The molecular weight excluding hydrogens is 390 g/mol. The standard InChI is InChI=1S/C23H16F2N2O3/c1-30-17-12-10-16(11-13-17)26-21-20(14-6-8-15(24)9-7-14)22(28)27(23(21)29)19-5-3-2-4-18(19)25/h2-13,26H,1H3. The molecular formula is C23H16F2N2O3. The number of rotatable bonds is 5. The summed E-state index contributed by atoms with van der Waals surface area (Å²) in [7, 11) is 1.53. The number of nitrogens with zero attached hydrogens (tertiary/aromatic N) is 1. The van der Waals surface area contributed by atoms with Gasteiger partial charge >= 0.3 is 0 Å². The molecule has 0 aliphatic carbocycles. The third-order valence-electron chi connectivity index (χ3n) is 4.67. The molecule has 0 radical (unpaired) electrons. The Kier molecular flexibility index (Phi) is 5.02. The van der Waals surface area contributed by atoms with Crippen LogP contribution in [-0.2, 0) is 9.59 Å². The lowest BCUT2D eigenvalue weighted by Gasteiger charge is -2.16. The van der Waals surface area contributed by atoms with Gasteiger partial charge in [-0.2, -0.15) is 0 Å². The lowest BCUT2D eigenvalue weighted by Crippen LogP contribution is -2.33. The topological polar surface area (TPSA) is 58.6 Å². The molecule has 0 bridgehead atoms. The number of ether oxygens (including phenoxy) is 1. The van der Waals surface area contributed by atoms with Crippen LogP contribution in [0.5, 0.6) is 5.75 Å². The van der Waals surface area contributed by atoms with Crippen molar-refractivity contribution in [2.75, 3.05) is 17.3 Å². The minimum absolute atomic E-state index is 0.0269. The van der Waals surface area contributed by atoms with Gasteiger partial charge in [-0.25, -0.2) is 13.7 Å². The monoisotopic (exact) mass is 406 g/mol. The van der Waals surface area contributed by atoms with Gasteiger partial charge in [-0.05, 0) is 54.1 Å². The van der Waals surface area contributed by atoms with Crippen molar-refractivity contribution in [1.82, 2.24) is 0 Å². The van der Waals surface area contributed by atoms with Gasteiger partial charge in [0.05, 0.1) is 18.4 Å². The zero-order valence-corrected chi connectivity index (χ0v) is 15.9. The summed E-state index contributed by atoms with van der Waals surface area (Å²) in [5, 5.41) is 2.95. The average molecular weight is 406 g/mol. The summed E-state index contributed by atoms with van der Waals surface area (Å²) in [6.07, 6.45) is 0. The predicted molar refractivity (Wildman–Crippen MR) is 109 cm³/mol. The van der Waals surface area contributed by atoms with Crippen LogP contribution in [0.25, 0.3) is 5.57 Å². The molecule has 0 spiro atoms. The van der Waals surface area contributed by atoms with Crippen LogP contribution in [0, 0.1) is 11.6 Å². The first-order valence-electron chi connectivity index (χ1n) is 9.04. The Labute approximate surface area is 171 Å². The predicted octanol–water partition coefficient (Wildman–Crippen LogP) is 4.37. The molecule has 30 heavy (non-hydrogen) atoms. The molecule has 1 aliphatic rings. The summed E-state index contributed by atoms with van der Waals surface area (Å²) in [6.45, 7) is 0. The van der Waals surface area contributed by atoms with Gasteiger partial charge in [-0.1, -0.05) is 24.3 Å². The van der Waals surface area contributed by atoms with Gasteiger partial charge < -0.3 is 10.1 Å². The Morgan fingerprint density at radius 2 is 1.50 bits per heavy atom. The lowest BCUT2D eigenvalue weighted by molar-refractivity contribution is -0.120. The summed E-state index contributed by atoms with van der Waals surface area (Å²) in [6, 6.07) is 17.4. The molecule has 0 saturated carbocycles. The van der Waals surface area contributed by atoms with Crippen molar-refractivity contribution >= 4 is 28.8 Å². The Morgan fingerprint density at radius 1 is 0.833 bits per heavy atom. The Hall–Kier alpha value is -4.00. The quantitative estimate of drug-likeness (QED) is 0.640. The van der Waals surface area contributed by atoms with E-state index in [9.17, 15) is 18.4 Å². The Bertz CT molecular complexity index is 1160. The molecule has 0 atom stereocenters. The molecule has 1 N–H and O–H groups in total. The number of carbonyl (C=O) groups is 2. The molecule has 3 aromatic carbocycles. The number of anilines is 2. The van der Waals surface area contributed by atoms with Gasteiger partial charge in [0, 0.05) is 5.69 Å². The van der Waals surface area contributed by atoms with Crippen LogP contribution >= 0.6 is 0 Å². The zero-order valence-electron chi connectivity index (χ0n) is 15.9. The first kappa shape index (κ1) is 19.3. The van der Waals surface area contributed by atoms with Crippen LogP contribution in [0.1, 0.15) is 5.56 Å². The number of halogens is 2. The fraction of sp³-hybridized carbons (Fsp3) is 0.0435. The summed E-state index contributed by atoms with van der Waals surface area (Å²) < 4.78 is 32.9. The van der Waals surface area contributed by atoms with E-state index in [0.717, 1.165) is 4.90 Å². The largest absolute Gasteiger partial charge is 0.497 e. The van der Waals surface area contributed by atoms with Crippen molar-refractivity contribution < 1.29 is 23.1 Å². The summed E-state index contributed by atoms with van der Waals surface area (Å²) in [4.78, 5) is 27.1. The van der Waals surface area contributed by atoms with E-state index in [1.165, 1.54) is 55.6 Å². The highest BCUT2D eigenvalue weighted by Gasteiger charge is 2.41. The third kappa shape index (κ3) is 3.41. The number of nitrogens with one attached hydrogen (secondary N) is 1. The zero-order chi connectivity index (χ0) is 21.3. The van der Waals surface area contributed by atoms with Crippen LogP contribution in [0.2, 0.25) is 0 Å². The van der Waals surface area contributed by atoms with Gasteiger partial charge in [0.15, 0.2) is 0 Å². The smallest absolute Gasteiger partial charge is 0.282 e. The fourth-order valence-electron chi connectivity index (χ4n) is 3.20. The van der Waals surface area contributed by atoms with E-state index in [-0.39, 0.29) is 17.0 Å². The highest BCUT2D eigenvalue weighted by atomic mass is 19.1. The number of para-hydroxylation sites is 1. The van der Waals surface area contributed by atoms with E-state index in [4.69, 9.17) is 4.74 Å². The third-order valence-corrected chi connectivity index (χ3v) is 4.67. The van der Waals surface area contributed by atoms with Gasteiger partial charge in [-0.15, -0.1) is 0 Å². The summed E-state index contributed by atoms with van der Waals surface area (Å²) in [5.74, 6) is -1.97. The van der Waals surface area contributed by atoms with Crippen molar-refractivity contribution in [1.29, 1.82) is 0 Å². The number of methoxy groups -OCH3 is 1. The van der Waals surface area contributed by atoms with E-state index >= 15 is 0 Å². The van der Waals surface area contributed by atoms with Crippen LogP contribution in [0.4, 0.5) is 20.2 Å². The number of imide groups is 1. The van der Waals surface area contributed by atoms with E-state index in [1.54, 1.807) is 24.3 Å². The molecule has 3 aromatic rings. The summed E-state index contributed by atoms with van der Waals surface area (Å²) in [5.41, 5.74) is 0.712. The van der Waals surface area contributed by atoms with Crippen LogP contribution in [-0.4, -0.2) is 18.9 Å². The van der Waals surface area contributed by atoms with E-state index in [0.29, 0.717) is 17.0 Å². The normalized spacial score (nSPS) is 13.8. The van der Waals surface area contributed by atoms with E-state index < -0.39 is 23.4 Å². The lowest BCUT2D eigenvalue weighted by atomic mass is 10.0. The molecule has 7 heteroatoms. The fourth-order valence-corrected chi connectivity index (χ4v) is 3.20. The molecule has 2 amide bonds. The second-order valence-electron chi connectivity index (χ2n) is 6.51. The van der Waals surface area contributed by atoms with Crippen molar-refractivity contribution in [3.63, 3.8) is 0 Å². The van der Waals surface area contributed by atoms with Crippen LogP contribution in [0.15, 0.2) is 78.5 Å². The second kappa shape index (κ2) is 7.79. The van der Waals surface area contributed by atoms with Crippen molar-refractivity contribution in [3.05, 3.63) is 95.7 Å². The van der Waals surface area contributed by atoms with Crippen LogP contribution in [0.3, 0.4) is 0 Å². The molecule has 5 nitrogen and oxygen atoms in total. The second-order valence-corrected chi connectivity index (χ2v) is 6.51. The molecule has 0 fully saturated rings. The number of amides is 2. The van der Waals surface area contributed by atoms with Crippen LogP contribution < -0.4 is 15.0 Å². The maximum absolute atomic E-state index is 14.4. The molecule has 1 heterocycles. The maximum atomic E-state index is 14.4. The van der Waals surface area contributed by atoms with Crippen molar-refractivity contribution in [3.8, 4) is 5.75 Å². The van der Waals surface area contributed by atoms with E-state index in [2.05, 4.69) is 5.32 Å². The van der Waals surface area contributed by atoms with Gasteiger partial charge in [0.25, 0.3) is 11.8 Å². The minimum Gasteiger partial charge on any atom is -0.497 e. The molecule has 0 unspecified atom stereocenters. The van der Waals surface area contributed by atoms with Gasteiger partial charge in [0.1, 0.15) is 23.1 Å². The first-order valence-corrected chi connectivity index (χ1v) is 9.04. The number of benzene rings is 3. The molecule has 0 aromatic heterocycles. The Balaban J connectivity index is 1.81. The summed E-state index contributed by atoms with van der Waals surface area (Å²) >= 11 is 0. The number of carbonyl (C=O) groups excluding carboxylic acids is 2. The molecule has 1 aliphatic heterocycles. The molecule has 4 rings (SSSR count). The van der Waals surface area contributed by atoms with Crippen molar-refractivity contribution in [2.45, 2.75) is 0 Å². The average Bonchev–Trinajstić information content (AvgIpc) is 2.99. The SMILES string of the molecule is COc1ccc(NC2=C(c3ccc(F)cc3)C(=O)N(c3ccccc3F)C2=O)cc1. The minimum atomic E-state index is -0.708. The number of hydrogen-bond acceptors (Lipinski definition) is 4. The Morgan fingerprint density at radius 3 is 2.13 bits per heavy atom.